The Labute approximate surface area is 125 Å². The van der Waals surface area contributed by atoms with Crippen LogP contribution in [0.1, 0.15) is 43.5 Å². The van der Waals surface area contributed by atoms with Gasteiger partial charge in [0.25, 0.3) is 5.91 Å². The van der Waals surface area contributed by atoms with E-state index in [4.69, 9.17) is 0 Å². The van der Waals surface area contributed by atoms with Gasteiger partial charge in [-0.05, 0) is 63.1 Å². The van der Waals surface area contributed by atoms with Crippen molar-refractivity contribution in [2.75, 3.05) is 5.32 Å². The fourth-order valence-electron chi connectivity index (χ4n) is 3.26. The fourth-order valence-corrected chi connectivity index (χ4v) is 3.26. The molecule has 4 nitrogen and oxygen atoms in total. The molecule has 2 fully saturated rings. The molecule has 4 heteroatoms. The van der Waals surface area contributed by atoms with E-state index >= 15 is 0 Å². The number of carbonyl (C=O) groups is 2. The molecule has 0 radical (unpaired) electrons. The molecule has 2 aliphatic carbocycles. The average molecular weight is 286 g/mol. The molecule has 3 rings (SSSR count). The normalized spacial score (nSPS) is 26.3. The number of rotatable bonds is 4. The second-order valence-corrected chi connectivity index (χ2v) is 6.62. The maximum absolute atomic E-state index is 12.2. The molecule has 2 aliphatic rings. The molecule has 112 valence electrons. The summed E-state index contributed by atoms with van der Waals surface area (Å²) in [5.74, 6) is 1.74. The van der Waals surface area contributed by atoms with Crippen molar-refractivity contribution in [3.05, 3.63) is 29.8 Å². The van der Waals surface area contributed by atoms with Gasteiger partial charge in [-0.2, -0.15) is 0 Å². The minimum absolute atomic E-state index is 0.0981. The predicted molar refractivity (Wildman–Crippen MR) is 82.0 cm³/mol. The summed E-state index contributed by atoms with van der Waals surface area (Å²) in [6.45, 7) is 3.85. The lowest BCUT2D eigenvalue weighted by atomic mass is 10.0. The standard InChI is InChI=1S/C17H22N2O2/c1-10(2)18-16(20)11-4-3-5-15(9-11)19-17(21)14-7-12-6-13(12)8-14/h3-5,9-10,12-14H,6-8H2,1-2H3,(H,18,20)(H,19,21). The van der Waals surface area contributed by atoms with E-state index in [1.54, 1.807) is 18.2 Å². The Hall–Kier alpha value is -1.84. The summed E-state index contributed by atoms with van der Waals surface area (Å²) in [5, 5.41) is 5.81. The second kappa shape index (κ2) is 5.51. The van der Waals surface area contributed by atoms with Gasteiger partial charge in [-0.25, -0.2) is 0 Å². The quantitative estimate of drug-likeness (QED) is 0.894. The van der Waals surface area contributed by atoms with Crippen molar-refractivity contribution >= 4 is 17.5 Å². The largest absolute Gasteiger partial charge is 0.350 e. The number of hydrogen-bond donors (Lipinski definition) is 2. The molecule has 0 saturated heterocycles. The summed E-state index contributed by atoms with van der Waals surface area (Å²) in [4.78, 5) is 24.2. The Balaban J connectivity index is 1.62. The molecule has 21 heavy (non-hydrogen) atoms. The summed E-state index contributed by atoms with van der Waals surface area (Å²) in [7, 11) is 0. The lowest BCUT2D eigenvalue weighted by molar-refractivity contribution is -0.120. The van der Waals surface area contributed by atoms with E-state index in [2.05, 4.69) is 10.6 Å². The first kappa shape index (κ1) is 14.1. The van der Waals surface area contributed by atoms with Crippen molar-refractivity contribution in [1.82, 2.24) is 5.32 Å². The molecule has 1 aromatic carbocycles. The minimum Gasteiger partial charge on any atom is -0.350 e. The third-order valence-corrected chi connectivity index (χ3v) is 4.43. The highest BCUT2D eigenvalue weighted by molar-refractivity contribution is 5.97. The molecule has 0 spiro atoms. The highest BCUT2D eigenvalue weighted by Gasteiger charge is 2.47. The van der Waals surface area contributed by atoms with Crippen LogP contribution >= 0.6 is 0 Å². The summed E-state index contributed by atoms with van der Waals surface area (Å²) < 4.78 is 0. The molecule has 2 unspecified atom stereocenters. The van der Waals surface area contributed by atoms with Crippen LogP contribution in [0.25, 0.3) is 0 Å². The summed E-state index contributed by atoms with van der Waals surface area (Å²) >= 11 is 0. The van der Waals surface area contributed by atoms with E-state index in [1.165, 1.54) is 6.42 Å². The maximum atomic E-state index is 12.2. The van der Waals surface area contributed by atoms with Gasteiger partial charge in [0.15, 0.2) is 0 Å². The first-order valence-electron chi connectivity index (χ1n) is 7.74. The maximum Gasteiger partial charge on any atom is 0.251 e. The van der Waals surface area contributed by atoms with Crippen LogP contribution in [0.2, 0.25) is 0 Å². The van der Waals surface area contributed by atoms with E-state index < -0.39 is 0 Å². The van der Waals surface area contributed by atoms with Crippen molar-refractivity contribution in [1.29, 1.82) is 0 Å². The number of hydrogen-bond acceptors (Lipinski definition) is 2. The molecule has 0 aliphatic heterocycles. The van der Waals surface area contributed by atoms with Gasteiger partial charge in [0.05, 0.1) is 0 Å². The Bertz CT molecular complexity index is 558. The summed E-state index contributed by atoms with van der Waals surface area (Å²) in [6.07, 6.45) is 3.38. The third-order valence-electron chi connectivity index (χ3n) is 4.43. The van der Waals surface area contributed by atoms with Gasteiger partial charge >= 0.3 is 0 Å². The second-order valence-electron chi connectivity index (χ2n) is 6.62. The zero-order valence-corrected chi connectivity index (χ0v) is 12.6. The highest BCUT2D eigenvalue weighted by Crippen LogP contribution is 2.54. The number of amides is 2. The van der Waals surface area contributed by atoms with Crippen LogP contribution in [0.15, 0.2) is 24.3 Å². The fraction of sp³-hybridized carbons (Fsp3) is 0.529. The minimum atomic E-state index is -0.108. The van der Waals surface area contributed by atoms with E-state index in [1.807, 2.05) is 19.9 Å². The van der Waals surface area contributed by atoms with Crippen molar-refractivity contribution in [2.24, 2.45) is 17.8 Å². The number of carbonyl (C=O) groups excluding carboxylic acids is 2. The predicted octanol–water partition coefficient (Wildman–Crippen LogP) is 2.81. The Morgan fingerprint density at radius 3 is 2.52 bits per heavy atom. The molecule has 0 bridgehead atoms. The Kier molecular flexibility index (Phi) is 3.70. The number of fused-ring (bicyclic) bond motifs is 1. The van der Waals surface area contributed by atoms with Gasteiger partial charge in [0.1, 0.15) is 0 Å². The molecular weight excluding hydrogens is 264 g/mol. The van der Waals surface area contributed by atoms with Crippen LogP contribution < -0.4 is 10.6 Å². The van der Waals surface area contributed by atoms with Gasteiger partial charge in [-0.3, -0.25) is 9.59 Å². The van der Waals surface area contributed by atoms with E-state index in [0.29, 0.717) is 11.3 Å². The smallest absolute Gasteiger partial charge is 0.251 e. The van der Waals surface area contributed by atoms with Crippen LogP contribution in [-0.4, -0.2) is 17.9 Å². The van der Waals surface area contributed by atoms with Crippen LogP contribution in [0.3, 0.4) is 0 Å². The first-order valence-corrected chi connectivity index (χ1v) is 7.74. The molecular formula is C17H22N2O2. The summed E-state index contributed by atoms with van der Waals surface area (Å²) in [5.41, 5.74) is 1.28. The van der Waals surface area contributed by atoms with Gasteiger partial charge in [0.2, 0.25) is 5.91 Å². The zero-order valence-electron chi connectivity index (χ0n) is 12.6. The topological polar surface area (TPSA) is 58.2 Å². The zero-order chi connectivity index (χ0) is 15.0. The molecule has 2 N–H and O–H groups in total. The molecule has 0 aromatic heterocycles. The van der Waals surface area contributed by atoms with E-state index in [0.717, 1.165) is 24.7 Å². The van der Waals surface area contributed by atoms with Gasteiger partial charge in [0, 0.05) is 23.2 Å². The van der Waals surface area contributed by atoms with Crippen LogP contribution in [0, 0.1) is 17.8 Å². The van der Waals surface area contributed by atoms with Crippen molar-refractivity contribution in [3.63, 3.8) is 0 Å². The molecule has 0 heterocycles. The highest BCUT2D eigenvalue weighted by atomic mass is 16.2. The lowest BCUT2D eigenvalue weighted by Crippen LogP contribution is -2.30. The van der Waals surface area contributed by atoms with Crippen LogP contribution in [0.5, 0.6) is 0 Å². The van der Waals surface area contributed by atoms with Gasteiger partial charge in [-0.15, -0.1) is 0 Å². The first-order chi connectivity index (χ1) is 10.0. The summed E-state index contributed by atoms with van der Waals surface area (Å²) in [6, 6.07) is 7.24. The molecule has 2 saturated carbocycles. The average Bonchev–Trinajstić information content (AvgIpc) is 3.04. The lowest BCUT2D eigenvalue weighted by Gasteiger charge is -2.13. The number of benzene rings is 1. The SMILES string of the molecule is CC(C)NC(=O)c1cccc(NC(=O)C2CC3CC3C2)c1. The van der Waals surface area contributed by atoms with Gasteiger partial charge in [-0.1, -0.05) is 6.07 Å². The number of anilines is 1. The molecule has 2 amide bonds. The molecule has 1 aromatic rings. The monoisotopic (exact) mass is 286 g/mol. The van der Waals surface area contributed by atoms with Crippen molar-refractivity contribution in [3.8, 4) is 0 Å². The van der Waals surface area contributed by atoms with Gasteiger partial charge < -0.3 is 10.6 Å². The Morgan fingerprint density at radius 2 is 1.86 bits per heavy atom. The van der Waals surface area contributed by atoms with E-state index in [-0.39, 0.29) is 23.8 Å². The van der Waals surface area contributed by atoms with Crippen LogP contribution in [-0.2, 0) is 4.79 Å². The third kappa shape index (κ3) is 3.26. The van der Waals surface area contributed by atoms with Crippen molar-refractivity contribution in [2.45, 2.75) is 39.2 Å². The number of nitrogens with one attached hydrogen (secondary N) is 2. The van der Waals surface area contributed by atoms with E-state index in [9.17, 15) is 9.59 Å². The molecule has 2 atom stereocenters. The van der Waals surface area contributed by atoms with Crippen LogP contribution in [0.4, 0.5) is 5.69 Å². The Morgan fingerprint density at radius 1 is 1.14 bits per heavy atom. The van der Waals surface area contributed by atoms with Crippen molar-refractivity contribution < 1.29 is 9.59 Å².